The zero-order valence-corrected chi connectivity index (χ0v) is 28.5. The molecule has 0 atom stereocenters. The summed E-state index contributed by atoms with van der Waals surface area (Å²) < 4.78 is 6.97. The smallest absolute Gasteiger partial charge is 0.0992 e. The molecule has 246 valence electrons. The van der Waals surface area contributed by atoms with Gasteiger partial charge in [-0.3, -0.25) is 4.98 Å². The van der Waals surface area contributed by atoms with Crippen molar-refractivity contribution in [3.63, 3.8) is 0 Å². The molecule has 0 amide bonds. The first kappa shape index (κ1) is 29.3. The fraction of sp³-hybridized carbons (Fsp3) is 0. The van der Waals surface area contributed by atoms with Gasteiger partial charge in [0.05, 0.1) is 50.9 Å². The number of hydrogen-bond acceptors (Lipinski definition) is 2. The second kappa shape index (κ2) is 11.3. The Balaban J connectivity index is 1.15. The third kappa shape index (κ3) is 4.33. The summed E-state index contributed by atoms with van der Waals surface area (Å²) in [5.41, 5.74) is 12.4. The number of benzene rings is 7. The minimum Gasteiger partial charge on any atom is -0.309 e. The van der Waals surface area contributed by atoms with E-state index in [0.717, 1.165) is 61.2 Å². The summed E-state index contributed by atoms with van der Waals surface area (Å²) in [6.45, 7) is 0. The Morgan fingerprint density at radius 2 is 0.925 bits per heavy atom. The third-order valence-electron chi connectivity index (χ3n) is 10.7. The van der Waals surface area contributed by atoms with Crippen molar-refractivity contribution >= 4 is 65.4 Å². The van der Waals surface area contributed by atoms with Crippen LogP contribution in [0.4, 0.5) is 0 Å². The number of hydrogen-bond donors (Lipinski definition) is 0. The Kier molecular flexibility index (Phi) is 6.25. The normalized spacial score (nSPS) is 11.8. The molecule has 4 aromatic heterocycles. The molecule has 0 saturated heterocycles. The van der Waals surface area contributed by atoms with Gasteiger partial charge in [0, 0.05) is 55.6 Å². The summed E-state index contributed by atoms with van der Waals surface area (Å²) in [5, 5.41) is 17.4. The molecule has 0 unspecified atom stereocenters. The van der Waals surface area contributed by atoms with E-state index in [4.69, 9.17) is 0 Å². The second-order valence-corrected chi connectivity index (χ2v) is 13.6. The minimum absolute atomic E-state index is 0.613. The molecule has 0 bridgehead atoms. The Labute approximate surface area is 304 Å². The molecule has 7 aromatic carbocycles. The molecule has 0 spiro atoms. The van der Waals surface area contributed by atoms with Gasteiger partial charge in [-0.05, 0) is 90.0 Å². The largest absolute Gasteiger partial charge is 0.309 e. The van der Waals surface area contributed by atoms with E-state index in [-0.39, 0.29) is 0 Å². The highest BCUT2D eigenvalue weighted by Crippen LogP contribution is 2.40. The summed E-state index contributed by atoms with van der Waals surface area (Å²) in [6, 6.07) is 60.3. The van der Waals surface area contributed by atoms with Crippen molar-refractivity contribution in [1.82, 2.24) is 18.7 Å². The van der Waals surface area contributed by atoms with E-state index in [9.17, 15) is 5.26 Å². The molecular weight excluding hydrogens is 647 g/mol. The van der Waals surface area contributed by atoms with Crippen LogP contribution in [0.1, 0.15) is 5.56 Å². The van der Waals surface area contributed by atoms with Gasteiger partial charge in [-0.1, -0.05) is 84.9 Å². The van der Waals surface area contributed by atoms with Gasteiger partial charge in [0.15, 0.2) is 0 Å². The highest BCUT2D eigenvalue weighted by Gasteiger charge is 2.19. The number of fused-ring (bicyclic) bond motifs is 9. The fourth-order valence-electron chi connectivity index (χ4n) is 8.46. The Morgan fingerprint density at radius 3 is 1.60 bits per heavy atom. The lowest BCUT2D eigenvalue weighted by atomic mass is 10.0. The predicted molar refractivity (Wildman–Crippen MR) is 217 cm³/mol. The van der Waals surface area contributed by atoms with Crippen LogP contribution in [0, 0.1) is 11.3 Å². The lowest BCUT2D eigenvalue weighted by molar-refractivity contribution is 1.16. The van der Waals surface area contributed by atoms with Crippen LogP contribution >= 0.6 is 0 Å². The predicted octanol–water partition coefficient (Wildman–Crippen LogP) is 11.9. The van der Waals surface area contributed by atoms with Crippen molar-refractivity contribution in [1.29, 1.82) is 5.26 Å². The summed E-state index contributed by atoms with van der Waals surface area (Å²) in [4.78, 5) is 4.59. The number of nitrogens with zero attached hydrogens (tertiary/aromatic N) is 5. The van der Waals surface area contributed by atoms with Crippen molar-refractivity contribution in [2.75, 3.05) is 0 Å². The SMILES string of the molecule is N#Cc1cc(-c2cccc(-n3c4cnccc4c4cc5c6ccccc6n(-c6ccccc6)c5cc43)c2)cc(-n2c3ccccc3c3ccccc32)c1. The zero-order valence-electron chi connectivity index (χ0n) is 28.5. The molecule has 5 heteroatoms. The van der Waals surface area contributed by atoms with Crippen LogP contribution in [0.3, 0.4) is 0 Å². The van der Waals surface area contributed by atoms with Crippen LogP contribution < -0.4 is 0 Å². The molecule has 0 aliphatic heterocycles. The van der Waals surface area contributed by atoms with Crippen molar-refractivity contribution in [3.05, 3.63) is 182 Å². The first-order valence-corrected chi connectivity index (χ1v) is 17.8. The first-order valence-electron chi connectivity index (χ1n) is 17.8. The molecule has 0 radical (unpaired) electrons. The van der Waals surface area contributed by atoms with E-state index in [1.54, 1.807) is 0 Å². The van der Waals surface area contributed by atoms with E-state index in [1.165, 1.54) is 32.4 Å². The Bertz CT molecular complexity index is 3250. The van der Waals surface area contributed by atoms with Gasteiger partial charge in [0.25, 0.3) is 0 Å². The number of para-hydroxylation sites is 4. The lowest BCUT2D eigenvalue weighted by Crippen LogP contribution is -1.97. The summed E-state index contributed by atoms with van der Waals surface area (Å²) in [6.07, 6.45) is 3.84. The van der Waals surface area contributed by atoms with Crippen LogP contribution in [-0.4, -0.2) is 18.7 Å². The Morgan fingerprint density at radius 1 is 0.377 bits per heavy atom. The van der Waals surface area contributed by atoms with Crippen LogP contribution in [0.5, 0.6) is 0 Å². The maximum atomic E-state index is 10.3. The van der Waals surface area contributed by atoms with Gasteiger partial charge >= 0.3 is 0 Å². The summed E-state index contributed by atoms with van der Waals surface area (Å²) >= 11 is 0. The average Bonchev–Trinajstić information content (AvgIpc) is 3.85. The molecule has 11 rings (SSSR count). The van der Waals surface area contributed by atoms with Crippen molar-refractivity contribution in [3.8, 4) is 34.3 Å². The molecule has 0 saturated carbocycles. The van der Waals surface area contributed by atoms with E-state index in [1.807, 2.05) is 24.5 Å². The summed E-state index contributed by atoms with van der Waals surface area (Å²) in [7, 11) is 0. The molecule has 0 aliphatic rings. The van der Waals surface area contributed by atoms with Gasteiger partial charge in [0.1, 0.15) is 0 Å². The van der Waals surface area contributed by atoms with Crippen LogP contribution in [0.25, 0.3) is 93.6 Å². The molecule has 53 heavy (non-hydrogen) atoms. The quantitative estimate of drug-likeness (QED) is 0.186. The summed E-state index contributed by atoms with van der Waals surface area (Å²) in [5.74, 6) is 0. The monoisotopic (exact) mass is 675 g/mol. The standard InChI is InChI=1S/C48H29N5/c49-29-31-23-33(26-36(24-31)53-43-18-7-4-15-37(43)38-16-5-8-19-44(38)53)32-11-10-14-35(25-32)52-47-28-46-41(27-42(47)40-21-22-50-30-48(40)52)39-17-6-9-20-45(39)51(46)34-12-2-1-3-13-34/h1-28,30H. The fourth-order valence-corrected chi connectivity index (χ4v) is 8.46. The van der Waals surface area contributed by atoms with Gasteiger partial charge in [0.2, 0.25) is 0 Å². The molecule has 11 aromatic rings. The Hall–Kier alpha value is -7.42. The third-order valence-corrected chi connectivity index (χ3v) is 10.7. The van der Waals surface area contributed by atoms with Crippen molar-refractivity contribution in [2.45, 2.75) is 0 Å². The number of rotatable bonds is 4. The van der Waals surface area contributed by atoms with Crippen molar-refractivity contribution in [2.24, 2.45) is 0 Å². The van der Waals surface area contributed by atoms with E-state index in [0.29, 0.717) is 5.56 Å². The molecule has 5 nitrogen and oxygen atoms in total. The molecule has 0 aliphatic carbocycles. The minimum atomic E-state index is 0.613. The van der Waals surface area contributed by atoms with E-state index in [2.05, 4.69) is 176 Å². The van der Waals surface area contributed by atoms with Gasteiger partial charge < -0.3 is 13.7 Å². The highest BCUT2D eigenvalue weighted by molar-refractivity contribution is 6.19. The lowest BCUT2D eigenvalue weighted by Gasteiger charge is -2.13. The average molecular weight is 676 g/mol. The maximum Gasteiger partial charge on any atom is 0.0992 e. The second-order valence-electron chi connectivity index (χ2n) is 13.6. The van der Waals surface area contributed by atoms with Crippen LogP contribution in [0.2, 0.25) is 0 Å². The maximum absolute atomic E-state index is 10.3. The zero-order chi connectivity index (χ0) is 35.0. The van der Waals surface area contributed by atoms with Gasteiger partial charge in [-0.2, -0.15) is 5.26 Å². The molecule has 0 N–H and O–H groups in total. The van der Waals surface area contributed by atoms with Gasteiger partial charge in [-0.15, -0.1) is 0 Å². The van der Waals surface area contributed by atoms with Crippen LogP contribution in [-0.2, 0) is 0 Å². The first-order chi connectivity index (χ1) is 26.2. The number of pyridine rings is 1. The molecule has 0 fully saturated rings. The van der Waals surface area contributed by atoms with Crippen LogP contribution in [0.15, 0.2) is 176 Å². The number of aromatic nitrogens is 4. The number of nitriles is 1. The molecule has 4 heterocycles. The van der Waals surface area contributed by atoms with E-state index < -0.39 is 0 Å². The van der Waals surface area contributed by atoms with E-state index >= 15 is 0 Å². The topological polar surface area (TPSA) is 51.5 Å². The van der Waals surface area contributed by atoms with Crippen molar-refractivity contribution < 1.29 is 0 Å². The highest BCUT2D eigenvalue weighted by atomic mass is 15.0. The van der Waals surface area contributed by atoms with Gasteiger partial charge in [-0.25, -0.2) is 0 Å². The molecular formula is C48H29N5.